The largest absolute Gasteiger partial charge is 0.396 e. The molecule has 7 N–H and O–H groups in total. The quantitative estimate of drug-likeness (QED) is 0.0507. The van der Waals surface area contributed by atoms with Crippen LogP contribution >= 0.6 is 11.8 Å². The summed E-state index contributed by atoms with van der Waals surface area (Å²) in [5, 5.41) is 65.6. The zero-order valence-corrected chi connectivity index (χ0v) is 38.0. The van der Waals surface area contributed by atoms with Crippen LogP contribution in [0.2, 0.25) is 0 Å². The van der Waals surface area contributed by atoms with Gasteiger partial charge in [-0.1, -0.05) is 89.9 Å². The van der Waals surface area contributed by atoms with Crippen LogP contribution in [0.1, 0.15) is 110 Å². The highest BCUT2D eigenvalue weighted by Crippen LogP contribution is 2.25. The summed E-state index contributed by atoms with van der Waals surface area (Å²) in [4.78, 5) is 12.9. The molecule has 0 saturated carbocycles. The molecule has 0 aromatic rings. The van der Waals surface area contributed by atoms with Gasteiger partial charge in [0.2, 0.25) is 5.91 Å². The van der Waals surface area contributed by atoms with Gasteiger partial charge in [-0.05, 0) is 120 Å². The third-order valence-electron chi connectivity index (χ3n) is 9.25. The molecule has 1 amide bonds. The lowest BCUT2D eigenvalue weighted by atomic mass is 9.98. The van der Waals surface area contributed by atoms with Crippen molar-refractivity contribution < 1.29 is 44.9 Å². The van der Waals surface area contributed by atoms with Gasteiger partial charge >= 0.3 is 0 Å². The minimum absolute atomic E-state index is 0.0725. The van der Waals surface area contributed by atoms with Crippen molar-refractivity contribution in [3.8, 4) is 143 Å². The second kappa shape index (κ2) is 41.0. The maximum absolute atomic E-state index is 12.9. The van der Waals surface area contributed by atoms with Crippen molar-refractivity contribution >= 4 is 17.7 Å². The van der Waals surface area contributed by atoms with E-state index in [-0.39, 0.29) is 13.0 Å². The second-order valence-corrected chi connectivity index (χ2v) is 15.5. The Balaban J connectivity index is 2.80. The average molecular weight is 898 g/mol. The Bertz CT molecular complexity index is 2210. The SMILES string of the molecule is C#CC#CC#CC#CC#CC#CC#CC#CC#CC#CC#CC#CCC(=O)N[C@@H](CO[C@H]1OC(CSCCCCO)[C@H](O)[C@H](O)C1O)[C@H](O)[C@H](O)CCCCCCCCCCCCCC. The lowest BCUT2D eigenvalue weighted by Gasteiger charge is -2.41. The summed E-state index contributed by atoms with van der Waals surface area (Å²) in [6.45, 7) is 1.89. The molecule has 0 aromatic heterocycles. The number of hydrogen-bond acceptors (Lipinski definition) is 10. The third-order valence-corrected chi connectivity index (χ3v) is 10.4. The summed E-state index contributed by atoms with van der Waals surface area (Å²) < 4.78 is 11.6. The van der Waals surface area contributed by atoms with Crippen LogP contribution in [0.4, 0.5) is 0 Å². The first-order valence-electron chi connectivity index (χ1n) is 21.9. The fourth-order valence-electron chi connectivity index (χ4n) is 5.82. The Hall–Kier alpha value is -5.78. The van der Waals surface area contributed by atoms with E-state index >= 15 is 0 Å². The first-order chi connectivity index (χ1) is 31.8. The van der Waals surface area contributed by atoms with Crippen LogP contribution < -0.4 is 5.32 Å². The Morgan fingerprint density at radius 2 is 1.09 bits per heavy atom. The van der Waals surface area contributed by atoms with E-state index in [1.54, 1.807) is 0 Å². The summed E-state index contributed by atoms with van der Waals surface area (Å²) in [5.41, 5.74) is 0. The number of ether oxygens (including phenoxy) is 2. The molecule has 8 atom stereocenters. The molecule has 1 fully saturated rings. The molecular weight excluding hydrogens is 839 g/mol. The molecule has 0 bridgehead atoms. The fourth-order valence-corrected chi connectivity index (χ4v) is 6.90. The molecule has 2 unspecified atom stereocenters. The molecule has 0 aromatic carbocycles. The number of nitrogens with one attached hydrogen (secondary N) is 1. The second-order valence-electron chi connectivity index (χ2n) is 14.4. The minimum atomic E-state index is -1.62. The zero-order chi connectivity index (χ0) is 47.4. The zero-order valence-electron chi connectivity index (χ0n) is 37.2. The van der Waals surface area contributed by atoms with E-state index in [1.165, 1.54) is 63.1 Å². The monoisotopic (exact) mass is 897 g/mol. The van der Waals surface area contributed by atoms with Gasteiger partial charge < -0.3 is 45.4 Å². The molecule has 65 heavy (non-hydrogen) atoms. The summed E-state index contributed by atoms with van der Waals surface area (Å²) in [5.74, 6) is 57.1. The van der Waals surface area contributed by atoms with Gasteiger partial charge in [-0.3, -0.25) is 4.79 Å². The number of aliphatic hydroxyl groups is 6. The smallest absolute Gasteiger partial charge is 0.232 e. The number of carbonyl (C=O) groups is 1. The van der Waals surface area contributed by atoms with Gasteiger partial charge in [0.05, 0.1) is 31.3 Å². The van der Waals surface area contributed by atoms with Gasteiger partial charge in [0, 0.05) is 47.9 Å². The van der Waals surface area contributed by atoms with Crippen molar-refractivity contribution in [3.05, 3.63) is 0 Å². The highest BCUT2D eigenvalue weighted by Gasteiger charge is 2.44. The molecule has 1 saturated heterocycles. The van der Waals surface area contributed by atoms with Crippen LogP contribution in [0.25, 0.3) is 0 Å². The van der Waals surface area contributed by atoms with E-state index in [1.807, 2.05) is 0 Å². The normalized spacial score (nSPS) is 17.4. The molecule has 0 spiro atoms. The minimum Gasteiger partial charge on any atom is -0.396 e. The van der Waals surface area contributed by atoms with Gasteiger partial charge in [-0.2, -0.15) is 11.8 Å². The number of aliphatic hydroxyl groups excluding tert-OH is 6. The molecule has 1 heterocycles. The van der Waals surface area contributed by atoms with E-state index in [2.05, 4.69) is 148 Å². The van der Waals surface area contributed by atoms with Gasteiger partial charge in [0.15, 0.2) is 6.29 Å². The summed E-state index contributed by atoms with van der Waals surface area (Å²) in [6, 6.07) is -1.14. The summed E-state index contributed by atoms with van der Waals surface area (Å²) in [7, 11) is 0. The highest BCUT2D eigenvalue weighted by atomic mass is 32.2. The topological polar surface area (TPSA) is 169 Å². The highest BCUT2D eigenvalue weighted by molar-refractivity contribution is 7.99. The number of rotatable bonds is 26. The lowest BCUT2D eigenvalue weighted by molar-refractivity contribution is -0.294. The molecule has 1 aliphatic rings. The van der Waals surface area contributed by atoms with Crippen LogP contribution in [0.3, 0.4) is 0 Å². The van der Waals surface area contributed by atoms with Gasteiger partial charge in [-0.15, -0.1) is 6.42 Å². The molecule has 0 aliphatic carbocycles. The van der Waals surface area contributed by atoms with E-state index < -0.39 is 61.5 Å². The predicted octanol–water partition coefficient (Wildman–Crippen LogP) is 2.67. The average Bonchev–Trinajstić information content (AvgIpc) is 3.30. The van der Waals surface area contributed by atoms with Gasteiger partial charge in [0.25, 0.3) is 0 Å². The maximum atomic E-state index is 12.9. The van der Waals surface area contributed by atoms with E-state index in [4.69, 9.17) is 21.0 Å². The van der Waals surface area contributed by atoms with Crippen molar-refractivity contribution in [1.82, 2.24) is 5.32 Å². The summed E-state index contributed by atoms with van der Waals surface area (Å²) in [6.07, 6.45) is 10.7. The van der Waals surface area contributed by atoms with Crippen LogP contribution in [0, 0.1) is 143 Å². The standard InChI is InChI=1S/C54H59NO9S/c1-3-5-7-9-11-13-15-17-18-19-20-21-22-23-24-25-26-27-29-31-33-35-37-41-49(58)55-46(50(59)47(57)40-36-34-32-30-28-16-14-12-10-8-6-4-2)44-63-54-53(62)52(61)51(60)48(64-54)45-65-43-39-38-42-56/h1,46-48,50-54,56-57,59-62H,4,6,8,10,12,14,16,28,30,32,34,36,38-45H2,2H3,(H,55,58)/t46-,47+,48?,50-,51-,52-,53?,54-/m0/s1. The Kier molecular flexibility index (Phi) is 36.1. The maximum Gasteiger partial charge on any atom is 0.232 e. The van der Waals surface area contributed by atoms with Crippen molar-refractivity contribution in [1.29, 1.82) is 0 Å². The summed E-state index contributed by atoms with van der Waals surface area (Å²) >= 11 is 1.46. The van der Waals surface area contributed by atoms with E-state index in [0.717, 1.165) is 25.7 Å². The number of thioether (sulfide) groups is 1. The van der Waals surface area contributed by atoms with E-state index in [9.17, 15) is 30.3 Å². The van der Waals surface area contributed by atoms with Crippen LogP contribution in [0.5, 0.6) is 0 Å². The third kappa shape index (κ3) is 30.9. The van der Waals surface area contributed by atoms with Gasteiger partial charge in [0.1, 0.15) is 24.4 Å². The van der Waals surface area contributed by atoms with Crippen molar-refractivity contribution in [2.45, 2.75) is 159 Å². The van der Waals surface area contributed by atoms with Gasteiger partial charge in [-0.25, -0.2) is 0 Å². The lowest BCUT2D eigenvalue weighted by Crippen LogP contribution is -2.60. The number of terminal acetylenes is 1. The molecule has 11 heteroatoms. The molecular formula is C54H59NO9S. The molecule has 0 radical (unpaired) electrons. The molecule has 340 valence electrons. The molecule has 1 aliphatic heterocycles. The Morgan fingerprint density at radius 1 is 0.631 bits per heavy atom. The number of amides is 1. The first-order valence-corrected chi connectivity index (χ1v) is 23.0. The van der Waals surface area contributed by atoms with Crippen LogP contribution in [-0.2, 0) is 14.3 Å². The number of carbonyl (C=O) groups excluding carboxylic acids is 1. The first kappa shape index (κ1) is 57.2. The number of hydrogen-bond donors (Lipinski definition) is 7. The van der Waals surface area contributed by atoms with Crippen molar-refractivity contribution in [2.75, 3.05) is 24.7 Å². The molecule has 10 nitrogen and oxygen atoms in total. The van der Waals surface area contributed by atoms with Crippen molar-refractivity contribution in [3.63, 3.8) is 0 Å². The predicted molar refractivity (Wildman–Crippen MR) is 255 cm³/mol. The van der Waals surface area contributed by atoms with Crippen LogP contribution in [-0.4, -0.2) is 110 Å². The molecule has 1 rings (SSSR count). The number of unbranched alkanes of at least 4 members (excludes halogenated alkanes) is 12. The Morgan fingerprint density at radius 3 is 1.57 bits per heavy atom. The van der Waals surface area contributed by atoms with Crippen molar-refractivity contribution in [2.24, 2.45) is 0 Å². The fraction of sp³-hybridized carbons (Fsp3) is 0.537. The Labute approximate surface area is 392 Å². The van der Waals surface area contributed by atoms with Crippen LogP contribution in [0.15, 0.2) is 0 Å². The van der Waals surface area contributed by atoms with E-state index in [0.29, 0.717) is 30.8 Å².